The fourth-order valence-electron chi connectivity index (χ4n) is 0.991. The third kappa shape index (κ3) is 3.22. The summed E-state index contributed by atoms with van der Waals surface area (Å²) in [6.07, 6.45) is -0.933. The highest BCUT2D eigenvalue weighted by molar-refractivity contribution is 4.96. The molecule has 0 saturated carbocycles. The minimum absolute atomic E-state index is 0.107. The predicted octanol–water partition coefficient (Wildman–Crippen LogP) is -2.27. The van der Waals surface area contributed by atoms with Crippen molar-refractivity contribution in [2.24, 2.45) is 17.2 Å². The van der Waals surface area contributed by atoms with E-state index in [9.17, 15) is 0 Å². The molecule has 0 spiro atoms. The van der Waals surface area contributed by atoms with Crippen LogP contribution >= 0.6 is 0 Å². The molecule has 0 aliphatic carbocycles. The van der Waals surface area contributed by atoms with Crippen LogP contribution in [0.1, 0.15) is 30.2 Å². The Balaban J connectivity index is 2.66. The molecular formula is C7H15N5O3. The molecular weight excluding hydrogens is 202 g/mol. The molecule has 1 aromatic rings. The SMILES string of the molecule is NC(O)C[C@H](N)c1nc([C@@H](N)CO)no1. The lowest BCUT2D eigenvalue weighted by Gasteiger charge is -2.08. The number of aliphatic hydroxyl groups excluding tert-OH is 2. The van der Waals surface area contributed by atoms with E-state index in [1.807, 2.05) is 0 Å². The molecule has 86 valence electrons. The van der Waals surface area contributed by atoms with E-state index in [1.54, 1.807) is 0 Å². The molecule has 0 amide bonds. The minimum Gasteiger partial charge on any atom is -0.394 e. The van der Waals surface area contributed by atoms with Crippen LogP contribution in [0.2, 0.25) is 0 Å². The molecule has 15 heavy (non-hydrogen) atoms. The van der Waals surface area contributed by atoms with E-state index in [0.29, 0.717) is 0 Å². The van der Waals surface area contributed by atoms with Gasteiger partial charge in [0.25, 0.3) is 0 Å². The second-order valence-corrected chi connectivity index (χ2v) is 3.19. The van der Waals surface area contributed by atoms with Gasteiger partial charge in [-0.25, -0.2) is 0 Å². The van der Waals surface area contributed by atoms with Gasteiger partial charge in [0, 0.05) is 6.42 Å². The Kier molecular flexibility index (Phi) is 4.12. The highest BCUT2D eigenvalue weighted by Gasteiger charge is 2.19. The van der Waals surface area contributed by atoms with Crippen LogP contribution in [0.3, 0.4) is 0 Å². The highest BCUT2D eigenvalue weighted by atomic mass is 16.5. The standard InChI is InChI=1S/C7H15N5O3/c8-3(1-5(10)14)7-11-6(12-15-7)4(9)2-13/h3-5,13-14H,1-2,8-10H2/t3-,4-,5?/m0/s1. The lowest BCUT2D eigenvalue weighted by atomic mass is 10.2. The second-order valence-electron chi connectivity index (χ2n) is 3.19. The molecule has 0 bridgehead atoms. The maximum absolute atomic E-state index is 8.89. The van der Waals surface area contributed by atoms with E-state index in [4.69, 9.17) is 31.9 Å². The molecule has 1 unspecified atom stereocenters. The van der Waals surface area contributed by atoms with E-state index in [0.717, 1.165) is 0 Å². The van der Waals surface area contributed by atoms with Crippen LogP contribution in [0.25, 0.3) is 0 Å². The average Bonchev–Trinajstić information content (AvgIpc) is 2.64. The molecule has 0 aromatic carbocycles. The van der Waals surface area contributed by atoms with E-state index in [2.05, 4.69) is 10.1 Å². The quantitative estimate of drug-likeness (QED) is 0.345. The van der Waals surface area contributed by atoms with E-state index in [1.165, 1.54) is 0 Å². The van der Waals surface area contributed by atoms with Crippen molar-refractivity contribution in [1.82, 2.24) is 10.1 Å². The van der Waals surface area contributed by atoms with E-state index in [-0.39, 0.29) is 24.7 Å². The van der Waals surface area contributed by atoms with Gasteiger partial charge in [0.05, 0.1) is 18.7 Å². The summed E-state index contributed by atoms with van der Waals surface area (Å²) in [5, 5.41) is 21.2. The second kappa shape index (κ2) is 5.14. The number of aromatic nitrogens is 2. The van der Waals surface area contributed by atoms with Crippen molar-refractivity contribution < 1.29 is 14.7 Å². The zero-order valence-electron chi connectivity index (χ0n) is 8.08. The van der Waals surface area contributed by atoms with Gasteiger partial charge >= 0.3 is 0 Å². The van der Waals surface area contributed by atoms with Crippen LogP contribution in [-0.2, 0) is 0 Å². The third-order valence-corrected chi connectivity index (χ3v) is 1.80. The Morgan fingerprint density at radius 3 is 2.47 bits per heavy atom. The number of hydrogen-bond donors (Lipinski definition) is 5. The lowest BCUT2D eigenvalue weighted by molar-refractivity contribution is 0.156. The summed E-state index contributed by atoms with van der Waals surface area (Å²) in [6.45, 7) is -0.284. The van der Waals surface area contributed by atoms with Gasteiger partial charge in [-0.1, -0.05) is 5.16 Å². The molecule has 0 radical (unpaired) electrons. The van der Waals surface area contributed by atoms with Crippen molar-refractivity contribution in [1.29, 1.82) is 0 Å². The van der Waals surface area contributed by atoms with Gasteiger partial charge in [0.2, 0.25) is 5.89 Å². The van der Waals surface area contributed by atoms with Gasteiger partial charge in [0.1, 0.15) is 6.23 Å². The van der Waals surface area contributed by atoms with Crippen LogP contribution in [0.5, 0.6) is 0 Å². The molecule has 8 heteroatoms. The van der Waals surface area contributed by atoms with Crippen LogP contribution < -0.4 is 17.2 Å². The van der Waals surface area contributed by atoms with Gasteiger partial charge in [0.15, 0.2) is 5.82 Å². The predicted molar refractivity (Wildman–Crippen MR) is 50.1 cm³/mol. The maximum Gasteiger partial charge on any atom is 0.243 e. The maximum atomic E-state index is 8.89. The number of aliphatic hydroxyl groups is 2. The summed E-state index contributed by atoms with van der Waals surface area (Å²) in [7, 11) is 0. The average molecular weight is 217 g/mol. The molecule has 8 nitrogen and oxygen atoms in total. The van der Waals surface area contributed by atoms with E-state index < -0.39 is 18.3 Å². The van der Waals surface area contributed by atoms with Crippen molar-refractivity contribution in [2.45, 2.75) is 24.7 Å². The summed E-state index contributed by atoms with van der Waals surface area (Å²) in [6, 6.07) is -1.34. The molecule has 0 aliphatic heterocycles. The van der Waals surface area contributed by atoms with Crippen LogP contribution in [0.4, 0.5) is 0 Å². The molecule has 1 rings (SSSR count). The van der Waals surface area contributed by atoms with Crippen molar-refractivity contribution in [2.75, 3.05) is 6.61 Å². The zero-order valence-corrected chi connectivity index (χ0v) is 8.08. The molecule has 0 saturated heterocycles. The Morgan fingerprint density at radius 2 is 1.93 bits per heavy atom. The Morgan fingerprint density at radius 1 is 1.27 bits per heavy atom. The largest absolute Gasteiger partial charge is 0.394 e. The topological polar surface area (TPSA) is 157 Å². The van der Waals surface area contributed by atoms with Gasteiger partial charge in [-0.05, 0) is 0 Å². The molecule has 1 heterocycles. The molecule has 0 aliphatic rings. The summed E-state index contributed by atoms with van der Waals surface area (Å²) in [5.74, 6) is 0.313. The molecule has 1 aromatic heterocycles. The van der Waals surface area contributed by atoms with Crippen molar-refractivity contribution >= 4 is 0 Å². The van der Waals surface area contributed by atoms with Gasteiger partial charge in [-0.2, -0.15) is 4.98 Å². The number of nitrogens with zero attached hydrogens (tertiary/aromatic N) is 2. The normalized spacial score (nSPS) is 17.4. The van der Waals surface area contributed by atoms with Crippen LogP contribution in [0, 0.1) is 0 Å². The van der Waals surface area contributed by atoms with Crippen LogP contribution in [-0.4, -0.2) is 33.2 Å². The van der Waals surface area contributed by atoms with Crippen molar-refractivity contribution in [3.05, 3.63) is 11.7 Å². The van der Waals surface area contributed by atoms with Gasteiger partial charge in [-0.15, -0.1) is 0 Å². The smallest absolute Gasteiger partial charge is 0.243 e. The number of nitrogens with two attached hydrogens (primary N) is 3. The first kappa shape index (κ1) is 12.0. The van der Waals surface area contributed by atoms with Gasteiger partial charge < -0.3 is 31.9 Å². The summed E-state index contributed by atoms with van der Waals surface area (Å²) in [4.78, 5) is 3.88. The number of hydrogen-bond acceptors (Lipinski definition) is 8. The Bertz CT molecular complexity index is 303. The van der Waals surface area contributed by atoms with Gasteiger partial charge in [-0.3, -0.25) is 0 Å². The summed E-state index contributed by atoms with van der Waals surface area (Å²) in [5.41, 5.74) is 16.2. The van der Waals surface area contributed by atoms with Crippen LogP contribution in [0.15, 0.2) is 4.52 Å². The first-order valence-corrected chi connectivity index (χ1v) is 4.43. The molecule has 0 fully saturated rings. The summed E-state index contributed by atoms with van der Waals surface area (Å²) >= 11 is 0. The van der Waals surface area contributed by atoms with Crippen molar-refractivity contribution in [3.63, 3.8) is 0 Å². The highest BCUT2D eigenvalue weighted by Crippen LogP contribution is 2.14. The number of rotatable bonds is 5. The fraction of sp³-hybridized carbons (Fsp3) is 0.714. The van der Waals surface area contributed by atoms with E-state index >= 15 is 0 Å². The Hall–Kier alpha value is -1.06. The first-order chi connectivity index (χ1) is 7.04. The minimum atomic E-state index is -1.04. The Labute approximate surface area is 86.0 Å². The van der Waals surface area contributed by atoms with Crippen molar-refractivity contribution in [3.8, 4) is 0 Å². The molecule has 3 atom stereocenters. The molecule has 8 N–H and O–H groups in total. The fourth-order valence-corrected chi connectivity index (χ4v) is 0.991. The third-order valence-electron chi connectivity index (χ3n) is 1.80. The monoisotopic (exact) mass is 217 g/mol. The zero-order chi connectivity index (χ0) is 11.4. The first-order valence-electron chi connectivity index (χ1n) is 4.43. The summed E-state index contributed by atoms with van der Waals surface area (Å²) < 4.78 is 4.81. The lowest BCUT2D eigenvalue weighted by Crippen LogP contribution is -2.26.